The fourth-order valence-electron chi connectivity index (χ4n) is 1.55. The molecule has 0 saturated carbocycles. The van der Waals surface area contributed by atoms with Gasteiger partial charge in [-0.05, 0) is 7.05 Å². The number of ether oxygens (including phenoxy) is 1. The van der Waals surface area contributed by atoms with Crippen LogP contribution in [0.4, 0.5) is 4.79 Å². The highest BCUT2D eigenvalue weighted by Crippen LogP contribution is 2.05. The lowest BCUT2D eigenvalue weighted by Gasteiger charge is -2.34. The van der Waals surface area contributed by atoms with Crippen LogP contribution in [0.1, 0.15) is 0 Å². The highest BCUT2D eigenvalue weighted by molar-refractivity contribution is 5.68. The summed E-state index contributed by atoms with van der Waals surface area (Å²) in [6.07, 6.45) is -0.0493. The summed E-state index contributed by atoms with van der Waals surface area (Å²) in [5.74, 6) is 0. The third-order valence-corrected chi connectivity index (χ3v) is 2.77. The van der Waals surface area contributed by atoms with Crippen molar-refractivity contribution in [3.8, 4) is 0 Å². The minimum Gasteiger partial charge on any atom is -0.443 e. The topological polar surface area (TPSA) is 44.8 Å². The van der Waals surface area contributed by atoms with Gasteiger partial charge in [-0.3, -0.25) is 0 Å². The van der Waals surface area contributed by atoms with Gasteiger partial charge in [0.25, 0.3) is 0 Å². The summed E-state index contributed by atoms with van der Waals surface area (Å²) in [5, 5.41) is 3.07. The number of amides is 1. The molecular weight excluding hydrogens is 182 g/mol. The SMILES string of the molecule is CN1CCN(C(=O)OC2CNC2)CC1. The van der Waals surface area contributed by atoms with Gasteiger partial charge in [0.2, 0.25) is 0 Å². The molecule has 0 aromatic rings. The van der Waals surface area contributed by atoms with Crippen molar-refractivity contribution >= 4 is 6.09 Å². The van der Waals surface area contributed by atoms with Crippen molar-refractivity contribution < 1.29 is 9.53 Å². The van der Waals surface area contributed by atoms with Crippen molar-refractivity contribution in [2.24, 2.45) is 0 Å². The molecule has 0 aliphatic carbocycles. The van der Waals surface area contributed by atoms with E-state index in [0.29, 0.717) is 0 Å². The molecule has 80 valence electrons. The second-order valence-electron chi connectivity index (χ2n) is 3.95. The number of likely N-dealkylation sites (N-methyl/N-ethyl adjacent to an activating group) is 1. The number of hydrogen-bond donors (Lipinski definition) is 1. The Morgan fingerprint density at radius 3 is 2.43 bits per heavy atom. The summed E-state index contributed by atoms with van der Waals surface area (Å²) < 4.78 is 5.27. The molecule has 0 aromatic carbocycles. The smallest absolute Gasteiger partial charge is 0.410 e. The molecule has 5 nitrogen and oxygen atoms in total. The molecule has 5 heteroatoms. The summed E-state index contributed by atoms with van der Waals surface area (Å²) in [4.78, 5) is 15.6. The Balaban J connectivity index is 1.74. The van der Waals surface area contributed by atoms with E-state index in [0.717, 1.165) is 39.3 Å². The fourth-order valence-corrected chi connectivity index (χ4v) is 1.55. The molecule has 0 spiro atoms. The van der Waals surface area contributed by atoms with Gasteiger partial charge >= 0.3 is 6.09 Å². The molecule has 0 bridgehead atoms. The van der Waals surface area contributed by atoms with Crippen molar-refractivity contribution in [1.82, 2.24) is 15.1 Å². The number of nitrogens with one attached hydrogen (secondary N) is 1. The zero-order chi connectivity index (χ0) is 9.97. The molecule has 0 radical (unpaired) electrons. The quantitative estimate of drug-likeness (QED) is 0.609. The van der Waals surface area contributed by atoms with E-state index in [1.165, 1.54) is 0 Å². The van der Waals surface area contributed by atoms with Crippen LogP contribution in [0.5, 0.6) is 0 Å². The van der Waals surface area contributed by atoms with Crippen molar-refractivity contribution in [1.29, 1.82) is 0 Å². The molecule has 2 heterocycles. The molecule has 0 aromatic heterocycles. The van der Waals surface area contributed by atoms with Crippen LogP contribution < -0.4 is 5.32 Å². The maximum Gasteiger partial charge on any atom is 0.410 e. The van der Waals surface area contributed by atoms with E-state index >= 15 is 0 Å². The van der Waals surface area contributed by atoms with Gasteiger partial charge in [0, 0.05) is 39.3 Å². The number of piperazine rings is 1. The van der Waals surface area contributed by atoms with Crippen LogP contribution in [0.15, 0.2) is 0 Å². The number of nitrogens with zero attached hydrogens (tertiary/aromatic N) is 2. The van der Waals surface area contributed by atoms with Crippen molar-refractivity contribution in [2.45, 2.75) is 6.10 Å². The van der Waals surface area contributed by atoms with Gasteiger partial charge < -0.3 is 19.9 Å². The highest BCUT2D eigenvalue weighted by atomic mass is 16.6. The molecule has 1 amide bonds. The third kappa shape index (κ3) is 2.16. The first-order chi connectivity index (χ1) is 6.75. The minimum atomic E-state index is -0.149. The first-order valence-electron chi connectivity index (χ1n) is 5.10. The maximum atomic E-state index is 11.6. The van der Waals surface area contributed by atoms with E-state index in [-0.39, 0.29) is 12.2 Å². The second-order valence-corrected chi connectivity index (χ2v) is 3.95. The molecule has 1 N–H and O–H groups in total. The first kappa shape index (κ1) is 9.73. The summed E-state index contributed by atoms with van der Waals surface area (Å²) >= 11 is 0. The summed E-state index contributed by atoms with van der Waals surface area (Å²) in [6, 6.07) is 0. The molecule has 0 atom stereocenters. The van der Waals surface area contributed by atoms with Gasteiger partial charge in [0.15, 0.2) is 0 Å². The molecular formula is C9H17N3O2. The molecule has 2 aliphatic heterocycles. The van der Waals surface area contributed by atoms with Crippen LogP contribution in [0.2, 0.25) is 0 Å². The van der Waals surface area contributed by atoms with Gasteiger partial charge in [0.1, 0.15) is 6.10 Å². The maximum absolute atomic E-state index is 11.6. The normalized spacial score (nSPS) is 24.5. The average molecular weight is 199 g/mol. The summed E-state index contributed by atoms with van der Waals surface area (Å²) in [5.41, 5.74) is 0. The summed E-state index contributed by atoms with van der Waals surface area (Å²) in [7, 11) is 2.07. The van der Waals surface area contributed by atoms with Gasteiger partial charge in [-0.2, -0.15) is 0 Å². The van der Waals surface area contributed by atoms with Gasteiger partial charge in [-0.1, -0.05) is 0 Å². The van der Waals surface area contributed by atoms with Crippen LogP contribution in [0, 0.1) is 0 Å². The predicted octanol–water partition coefficient (Wildman–Crippen LogP) is -0.658. The number of carbonyl (C=O) groups is 1. The first-order valence-corrected chi connectivity index (χ1v) is 5.10. The van der Waals surface area contributed by atoms with Gasteiger partial charge in [0.05, 0.1) is 0 Å². The molecule has 2 aliphatic rings. The molecule has 2 rings (SSSR count). The standard InChI is InChI=1S/C9H17N3O2/c1-11-2-4-12(5-3-11)9(13)14-8-6-10-7-8/h8,10H,2-7H2,1H3. The zero-order valence-corrected chi connectivity index (χ0v) is 8.53. The Hall–Kier alpha value is -0.810. The van der Waals surface area contributed by atoms with Crippen LogP contribution in [0.3, 0.4) is 0 Å². The van der Waals surface area contributed by atoms with E-state index in [9.17, 15) is 4.79 Å². The lowest BCUT2D eigenvalue weighted by Crippen LogP contribution is -2.53. The lowest BCUT2D eigenvalue weighted by molar-refractivity contribution is 0.0295. The molecule has 14 heavy (non-hydrogen) atoms. The summed E-state index contributed by atoms with van der Waals surface area (Å²) in [6.45, 7) is 5.07. The monoisotopic (exact) mass is 199 g/mol. The van der Waals surface area contributed by atoms with E-state index in [4.69, 9.17) is 4.74 Å². The molecule has 0 unspecified atom stereocenters. The van der Waals surface area contributed by atoms with Crippen LogP contribution in [0.25, 0.3) is 0 Å². The number of rotatable bonds is 1. The average Bonchev–Trinajstić information content (AvgIpc) is 2.12. The largest absolute Gasteiger partial charge is 0.443 e. The van der Waals surface area contributed by atoms with E-state index < -0.39 is 0 Å². The third-order valence-electron chi connectivity index (χ3n) is 2.77. The van der Waals surface area contributed by atoms with Gasteiger partial charge in [-0.25, -0.2) is 4.79 Å². The van der Waals surface area contributed by atoms with Crippen molar-refractivity contribution in [3.63, 3.8) is 0 Å². The van der Waals surface area contributed by atoms with Crippen molar-refractivity contribution in [3.05, 3.63) is 0 Å². The predicted molar refractivity (Wildman–Crippen MR) is 52.2 cm³/mol. The minimum absolute atomic E-state index is 0.0992. The number of hydrogen-bond acceptors (Lipinski definition) is 4. The lowest BCUT2D eigenvalue weighted by atomic mass is 10.2. The zero-order valence-electron chi connectivity index (χ0n) is 8.53. The van der Waals surface area contributed by atoms with Crippen LogP contribution in [-0.4, -0.2) is 68.3 Å². The second kappa shape index (κ2) is 4.14. The van der Waals surface area contributed by atoms with Crippen LogP contribution >= 0.6 is 0 Å². The highest BCUT2D eigenvalue weighted by Gasteiger charge is 2.26. The van der Waals surface area contributed by atoms with Gasteiger partial charge in [-0.15, -0.1) is 0 Å². The van der Waals surface area contributed by atoms with Crippen LogP contribution in [-0.2, 0) is 4.74 Å². The number of carbonyl (C=O) groups excluding carboxylic acids is 1. The Bertz CT molecular complexity index is 210. The molecule has 2 fully saturated rings. The Morgan fingerprint density at radius 1 is 1.29 bits per heavy atom. The Labute approximate surface area is 84.0 Å². The van der Waals surface area contributed by atoms with Crippen molar-refractivity contribution in [2.75, 3.05) is 46.3 Å². The fraction of sp³-hybridized carbons (Fsp3) is 0.889. The Morgan fingerprint density at radius 2 is 1.93 bits per heavy atom. The Kier molecular flexibility index (Phi) is 2.88. The van der Waals surface area contributed by atoms with E-state index in [1.54, 1.807) is 4.90 Å². The van der Waals surface area contributed by atoms with E-state index in [1.807, 2.05) is 0 Å². The van der Waals surface area contributed by atoms with E-state index in [2.05, 4.69) is 17.3 Å². The molecule has 2 saturated heterocycles.